The molecule has 1 unspecified atom stereocenters. The number of amides is 1. The largest absolute Gasteiger partial charge is 0.466 e. The summed E-state index contributed by atoms with van der Waals surface area (Å²) in [6.45, 7) is 3.21. The average molecular weight is 502 g/mol. The first-order chi connectivity index (χ1) is 16.5. The fourth-order valence-electron chi connectivity index (χ4n) is 4.51. The van der Waals surface area contributed by atoms with E-state index in [1.54, 1.807) is 33.2 Å². The van der Waals surface area contributed by atoms with Gasteiger partial charge in [0.2, 0.25) is 5.91 Å². The summed E-state index contributed by atoms with van der Waals surface area (Å²) < 4.78 is 8.36. The zero-order valence-electron chi connectivity index (χ0n) is 18.6. The van der Waals surface area contributed by atoms with Crippen molar-refractivity contribution in [3.63, 3.8) is 0 Å². The maximum absolute atomic E-state index is 13.3. The highest BCUT2D eigenvalue weighted by molar-refractivity contribution is 7.99. The predicted molar refractivity (Wildman–Crippen MR) is 128 cm³/mol. The molecule has 1 saturated heterocycles. The fourth-order valence-corrected chi connectivity index (χ4v) is 5.76. The third-order valence-corrected chi connectivity index (χ3v) is 7.67. The average Bonchev–Trinajstić information content (AvgIpc) is 3.45. The van der Waals surface area contributed by atoms with Gasteiger partial charge < -0.3 is 9.64 Å². The van der Waals surface area contributed by atoms with E-state index >= 15 is 0 Å². The van der Waals surface area contributed by atoms with Crippen LogP contribution in [0.4, 0.5) is 0 Å². The Morgan fingerprint density at radius 1 is 1.21 bits per heavy atom. The second-order valence-corrected chi connectivity index (χ2v) is 9.84. The van der Waals surface area contributed by atoms with Crippen LogP contribution in [0.15, 0.2) is 40.4 Å². The number of carbonyl (C=O) groups is 2. The van der Waals surface area contributed by atoms with Crippen LogP contribution in [0.3, 0.4) is 0 Å². The van der Waals surface area contributed by atoms with Crippen LogP contribution >= 0.6 is 23.4 Å². The highest BCUT2D eigenvalue weighted by atomic mass is 35.5. The lowest BCUT2D eigenvalue weighted by atomic mass is 9.96. The van der Waals surface area contributed by atoms with Gasteiger partial charge in [-0.05, 0) is 44.0 Å². The number of halogens is 1. The smallest absolute Gasteiger partial charge is 0.309 e. The second kappa shape index (κ2) is 9.42. The first kappa shape index (κ1) is 22.9. The van der Waals surface area contributed by atoms with Gasteiger partial charge in [-0.3, -0.25) is 19.0 Å². The molecule has 1 amide bonds. The molecule has 34 heavy (non-hydrogen) atoms. The minimum absolute atomic E-state index is 0.00962. The maximum atomic E-state index is 13.3. The monoisotopic (exact) mass is 501 g/mol. The van der Waals surface area contributed by atoms with Crippen LogP contribution in [0.25, 0.3) is 16.7 Å². The zero-order chi connectivity index (χ0) is 23.8. The Balaban J connectivity index is 1.33. The fraction of sp³-hybridized carbons (Fsp3) is 0.435. The first-order valence-electron chi connectivity index (χ1n) is 11.3. The summed E-state index contributed by atoms with van der Waals surface area (Å²) in [5.41, 5.74) is 1.06. The highest BCUT2D eigenvalue weighted by Crippen LogP contribution is 2.34. The number of hydrogen-bond acceptors (Lipinski definition) is 7. The molecule has 9 nitrogen and oxygen atoms in total. The van der Waals surface area contributed by atoms with Crippen molar-refractivity contribution >= 4 is 46.3 Å². The number of ether oxygens (including phenoxy) is 1. The summed E-state index contributed by atoms with van der Waals surface area (Å²) in [5, 5.41) is 5.98. The van der Waals surface area contributed by atoms with E-state index in [1.807, 2.05) is 12.1 Å². The molecule has 2 aromatic heterocycles. The summed E-state index contributed by atoms with van der Waals surface area (Å²) in [6, 6.07) is 6.90. The molecule has 2 aliphatic rings. The standard InChI is InChI=1S/C23H24ClN5O4S/c1-2-33-22(32)14-7-9-27(10-8-14)19(30)11-17-13-34-23-26-20-18(21(31)28(17)23)12-25-29(20)16-5-3-15(24)4-6-16/h3-6,12,14,17H,2,7-11,13H2,1H3. The van der Waals surface area contributed by atoms with Gasteiger partial charge in [0.25, 0.3) is 5.56 Å². The van der Waals surface area contributed by atoms with Crippen LogP contribution in [-0.2, 0) is 14.3 Å². The minimum Gasteiger partial charge on any atom is -0.466 e. The maximum Gasteiger partial charge on any atom is 0.309 e. The number of rotatable bonds is 5. The number of aromatic nitrogens is 4. The van der Waals surface area contributed by atoms with Crippen LogP contribution in [0.5, 0.6) is 0 Å². The summed E-state index contributed by atoms with van der Waals surface area (Å²) >= 11 is 7.46. The molecule has 3 aromatic rings. The van der Waals surface area contributed by atoms with Gasteiger partial charge >= 0.3 is 5.97 Å². The second-order valence-electron chi connectivity index (χ2n) is 8.42. The van der Waals surface area contributed by atoms with E-state index in [0.717, 1.165) is 5.69 Å². The predicted octanol–water partition coefficient (Wildman–Crippen LogP) is 3.07. The Morgan fingerprint density at radius 3 is 2.65 bits per heavy atom. The lowest BCUT2D eigenvalue weighted by molar-refractivity contribution is -0.151. The molecule has 0 N–H and O–H groups in total. The van der Waals surface area contributed by atoms with Crippen LogP contribution in [-0.4, -0.2) is 61.6 Å². The Hall–Kier alpha value is -2.85. The van der Waals surface area contributed by atoms with E-state index in [4.69, 9.17) is 21.3 Å². The lowest BCUT2D eigenvalue weighted by Gasteiger charge is -2.31. The summed E-state index contributed by atoms with van der Waals surface area (Å²) in [6.07, 6.45) is 2.95. The van der Waals surface area contributed by atoms with Crippen molar-refractivity contribution in [2.75, 3.05) is 25.4 Å². The Labute approximate surface area is 205 Å². The molecule has 4 heterocycles. The van der Waals surface area contributed by atoms with E-state index in [0.29, 0.717) is 59.5 Å². The normalized spacial score (nSPS) is 18.3. The van der Waals surface area contributed by atoms with Gasteiger partial charge in [0.15, 0.2) is 10.8 Å². The zero-order valence-corrected chi connectivity index (χ0v) is 20.2. The number of piperidine rings is 1. The summed E-state index contributed by atoms with van der Waals surface area (Å²) in [4.78, 5) is 44.8. The molecule has 1 atom stereocenters. The van der Waals surface area contributed by atoms with Gasteiger partial charge in [-0.25, -0.2) is 9.67 Å². The molecule has 2 aliphatic heterocycles. The summed E-state index contributed by atoms with van der Waals surface area (Å²) in [5.74, 6) is 0.263. The third kappa shape index (κ3) is 4.20. The number of thioether (sulfide) groups is 1. The molecule has 1 fully saturated rings. The molecule has 5 rings (SSSR count). The molecular weight excluding hydrogens is 478 g/mol. The van der Waals surface area contributed by atoms with Crippen LogP contribution in [0.2, 0.25) is 5.02 Å². The number of benzene rings is 1. The molecule has 0 bridgehead atoms. The quantitative estimate of drug-likeness (QED) is 0.391. The molecule has 0 radical (unpaired) electrons. The van der Waals surface area contributed by atoms with Crippen LogP contribution in [0, 0.1) is 5.92 Å². The minimum atomic E-state index is -0.265. The molecule has 178 valence electrons. The van der Waals surface area contributed by atoms with Crippen molar-refractivity contribution in [2.45, 2.75) is 37.4 Å². The first-order valence-corrected chi connectivity index (χ1v) is 12.7. The molecule has 0 aliphatic carbocycles. The van der Waals surface area contributed by atoms with Crippen molar-refractivity contribution in [3.8, 4) is 5.69 Å². The topological polar surface area (TPSA) is 99.3 Å². The van der Waals surface area contributed by atoms with Gasteiger partial charge in [-0.15, -0.1) is 0 Å². The third-order valence-electron chi connectivity index (χ3n) is 6.32. The van der Waals surface area contributed by atoms with Gasteiger partial charge in [0.1, 0.15) is 5.39 Å². The molecule has 0 spiro atoms. The van der Waals surface area contributed by atoms with Crippen molar-refractivity contribution < 1.29 is 14.3 Å². The van der Waals surface area contributed by atoms with E-state index in [1.165, 1.54) is 18.0 Å². The van der Waals surface area contributed by atoms with Crippen molar-refractivity contribution in [1.82, 2.24) is 24.2 Å². The number of esters is 1. The molecule has 0 saturated carbocycles. The lowest BCUT2D eigenvalue weighted by Crippen LogP contribution is -2.41. The van der Waals surface area contributed by atoms with E-state index < -0.39 is 0 Å². The number of carbonyl (C=O) groups excluding carboxylic acids is 2. The molecule has 1 aromatic carbocycles. The van der Waals surface area contributed by atoms with Gasteiger partial charge in [0, 0.05) is 30.3 Å². The highest BCUT2D eigenvalue weighted by Gasteiger charge is 2.33. The van der Waals surface area contributed by atoms with E-state index in [-0.39, 0.29) is 35.8 Å². The molecule has 11 heteroatoms. The van der Waals surface area contributed by atoms with E-state index in [9.17, 15) is 14.4 Å². The molecular formula is C23H24ClN5O4S. The van der Waals surface area contributed by atoms with Gasteiger partial charge in [0.05, 0.1) is 30.5 Å². The number of likely N-dealkylation sites (tertiary alicyclic amines) is 1. The van der Waals surface area contributed by atoms with Gasteiger partial charge in [-0.2, -0.15) is 5.10 Å². The van der Waals surface area contributed by atoms with Crippen molar-refractivity contribution in [3.05, 3.63) is 45.8 Å². The van der Waals surface area contributed by atoms with E-state index in [2.05, 4.69) is 5.10 Å². The Bertz CT molecular complexity index is 1300. The van der Waals surface area contributed by atoms with Crippen LogP contribution in [0.1, 0.15) is 32.2 Å². The Morgan fingerprint density at radius 2 is 1.94 bits per heavy atom. The van der Waals surface area contributed by atoms with Gasteiger partial charge in [-0.1, -0.05) is 23.4 Å². The Kier molecular flexibility index (Phi) is 6.35. The van der Waals surface area contributed by atoms with Crippen LogP contribution < -0.4 is 5.56 Å². The SMILES string of the molecule is CCOC(=O)C1CCN(C(=O)CC2CSc3nc4c(cnn4-c4ccc(Cl)cc4)c(=O)n32)CC1. The number of fused-ring (bicyclic) bond motifs is 2. The van der Waals surface area contributed by atoms with Crippen molar-refractivity contribution in [2.24, 2.45) is 5.92 Å². The number of hydrogen-bond donors (Lipinski definition) is 0. The number of nitrogens with zero attached hydrogens (tertiary/aromatic N) is 5. The van der Waals surface area contributed by atoms with Crippen molar-refractivity contribution in [1.29, 1.82) is 0 Å². The summed E-state index contributed by atoms with van der Waals surface area (Å²) in [7, 11) is 0.